The fraction of sp³-hybridized carbons (Fsp3) is 0.667. The quantitative estimate of drug-likeness (QED) is 0.0212. The lowest BCUT2D eigenvalue weighted by molar-refractivity contribution is -0.870. The molecule has 0 aromatic carbocycles. The van der Waals surface area contributed by atoms with Gasteiger partial charge in [-0.2, -0.15) is 0 Å². The molecule has 9 nitrogen and oxygen atoms in total. The smallest absolute Gasteiger partial charge is 0.306 e. The van der Waals surface area contributed by atoms with E-state index >= 15 is 0 Å². The molecule has 76 heavy (non-hydrogen) atoms. The number of hydrogen-bond acceptors (Lipinski definition) is 7. The molecule has 3 atom stereocenters. The average Bonchev–Trinajstić information content (AvgIpc) is 3.38. The third kappa shape index (κ3) is 55.2. The molecule has 0 aliphatic carbocycles. The topological polar surface area (TPSA) is 114 Å². The fourth-order valence-electron chi connectivity index (χ4n) is 7.94. The van der Waals surface area contributed by atoms with E-state index in [1.165, 1.54) is 77.0 Å². The maximum atomic E-state index is 13.5. The summed E-state index contributed by atoms with van der Waals surface area (Å²) in [5.41, 5.74) is 0. The molecule has 0 saturated heterocycles. The third-order valence-corrected chi connectivity index (χ3v) is 13.6. The number of hydrogen-bond donors (Lipinski definition) is 1. The number of amides is 1. The Balaban J connectivity index is 5.42. The summed E-state index contributed by atoms with van der Waals surface area (Å²) >= 11 is 0. The number of phosphoric acid groups is 1. The van der Waals surface area contributed by atoms with Gasteiger partial charge in [0.05, 0.1) is 33.8 Å². The van der Waals surface area contributed by atoms with Crippen molar-refractivity contribution < 1.29 is 37.3 Å². The summed E-state index contributed by atoms with van der Waals surface area (Å²) in [4.78, 5) is 39.9. The highest BCUT2D eigenvalue weighted by Gasteiger charge is 2.27. The van der Waals surface area contributed by atoms with Gasteiger partial charge in [-0.3, -0.25) is 14.2 Å². The maximum absolute atomic E-state index is 13.5. The number of allylic oxidation sites excluding steroid dienone is 19. The van der Waals surface area contributed by atoms with Crippen LogP contribution in [0.25, 0.3) is 0 Å². The van der Waals surface area contributed by atoms with Gasteiger partial charge in [0.25, 0.3) is 7.82 Å². The molecule has 3 unspecified atom stereocenters. The number of unbranched alkanes of at least 4 members (excludes halogenated alkanes) is 19. The summed E-state index contributed by atoms with van der Waals surface area (Å²) in [5, 5.41) is 2.99. The van der Waals surface area contributed by atoms with Crippen LogP contribution in [-0.2, 0) is 27.9 Å². The van der Waals surface area contributed by atoms with E-state index in [0.29, 0.717) is 23.9 Å². The van der Waals surface area contributed by atoms with Crippen molar-refractivity contribution in [2.75, 3.05) is 40.9 Å². The van der Waals surface area contributed by atoms with E-state index < -0.39 is 26.6 Å². The maximum Gasteiger partial charge on any atom is 0.306 e. The second-order valence-corrected chi connectivity index (χ2v) is 22.5. The van der Waals surface area contributed by atoms with Crippen LogP contribution >= 0.6 is 7.82 Å². The molecule has 10 heteroatoms. The van der Waals surface area contributed by atoms with Crippen molar-refractivity contribution in [2.45, 2.75) is 245 Å². The highest BCUT2D eigenvalue weighted by molar-refractivity contribution is 7.45. The Morgan fingerprint density at radius 2 is 0.842 bits per heavy atom. The lowest BCUT2D eigenvalue weighted by Crippen LogP contribution is -2.47. The van der Waals surface area contributed by atoms with Crippen LogP contribution in [0.15, 0.2) is 122 Å². The molecule has 0 radical (unpaired) electrons. The SMILES string of the molecule is CC/C=C\C/C=C\C/C=C\C/C=C\C/C=C\C/C=C\CCCCC(=O)NC(COP(=O)([O-])OCC[N+](C)(C)C)C(/C=C\CCCCCCCCCCCC)OC(=O)CCCCCC/C=C\C/C=C\C/C=C\CCCCC. The highest BCUT2D eigenvalue weighted by Crippen LogP contribution is 2.38. The number of carbonyl (C=O) groups excluding carboxylic acids is 2. The Kier molecular flexibility index (Phi) is 52.2. The minimum Gasteiger partial charge on any atom is -0.756 e. The van der Waals surface area contributed by atoms with E-state index in [4.69, 9.17) is 13.8 Å². The normalized spacial score (nSPS) is 14.6. The molecule has 434 valence electrons. The summed E-state index contributed by atoms with van der Waals surface area (Å²) < 4.78 is 30.2. The van der Waals surface area contributed by atoms with E-state index in [2.05, 4.69) is 135 Å². The molecule has 1 amide bonds. The number of rotatable bonds is 53. The Bertz CT molecular complexity index is 1720. The van der Waals surface area contributed by atoms with Crippen LogP contribution in [0.3, 0.4) is 0 Å². The van der Waals surface area contributed by atoms with Gasteiger partial charge in [-0.1, -0.05) is 220 Å². The number of carbonyl (C=O) groups is 2. The van der Waals surface area contributed by atoms with Crippen molar-refractivity contribution in [2.24, 2.45) is 0 Å². The molecule has 0 saturated carbocycles. The van der Waals surface area contributed by atoms with E-state index in [0.717, 1.165) is 109 Å². The van der Waals surface area contributed by atoms with Gasteiger partial charge in [0.2, 0.25) is 5.91 Å². The zero-order chi connectivity index (χ0) is 55.7. The number of ether oxygens (including phenoxy) is 1. The Labute approximate surface area is 467 Å². The van der Waals surface area contributed by atoms with Crippen molar-refractivity contribution in [3.05, 3.63) is 122 Å². The van der Waals surface area contributed by atoms with Gasteiger partial charge in [0.1, 0.15) is 19.3 Å². The number of phosphoric ester groups is 1. The predicted octanol–water partition coefficient (Wildman–Crippen LogP) is 18.1. The number of esters is 1. The molecule has 0 aromatic heterocycles. The third-order valence-electron chi connectivity index (χ3n) is 12.6. The zero-order valence-corrected chi connectivity index (χ0v) is 50.3. The van der Waals surface area contributed by atoms with Gasteiger partial charge in [0.15, 0.2) is 0 Å². The summed E-state index contributed by atoms with van der Waals surface area (Å²) in [7, 11) is 1.12. The van der Waals surface area contributed by atoms with Crippen LogP contribution in [0.4, 0.5) is 0 Å². The van der Waals surface area contributed by atoms with Crippen molar-refractivity contribution in [3.63, 3.8) is 0 Å². The molecule has 0 aromatic rings. The van der Waals surface area contributed by atoms with Crippen LogP contribution in [0, 0.1) is 0 Å². The summed E-state index contributed by atoms with van der Waals surface area (Å²) in [5.74, 6) is -0.626. The molecule has 0 spiro atoms. The zero-order valence-electron chi connectivity index (χ0n) is 49.4. The molecular formula is C66H113N2O7P. The van der Waals surface area contributed by atoms with Crippen molar-refractivity contribution in [1.82, 2.24) is 5.32 Å². The second-order valence-electron chi connectivity index (χ2n) is 21.1. The first kappa shape index (κ1) is 72.4. The Hall–Kier alpha value is -3.59. The monoisotopic (exact) mass is 1080 g/mol. The van der Waals surface area contributed by atoms with Gasteiger partial charge in [-0.05, 0) is 122 Å². The summed E-state index contributed by atoms with van der Waals surface area (Å²) in [6.07, 6.45) is 75.9. The van der Waals surface area contributed by atoms with Gasteiger partial charge < -0.3 is 28.5 Å². The van der Waals surface area contributed by atoms with E-state index in [9.17, 15) is 19.0 Å². The minimum absolute atomic E-state index is 0.0414. The number of nitrogens with one attached hydrogen (secondary N) is 1. The number of quaternary nitrogens is 1. The van der Waals surface area contributed by atoms with Gasteiger partial charge >= 0.3 is 5.97 Å². The van der Waals surface area contributed by atoms with Crippen LogP contribution in [0.2, 0.25) is 0 Å². The average molecular weight is 1080 g/mol. The van der Waals surface area contributed by atoms with Crippen molar-refractivity contribution in [3.8, 4) is 0 Å². The van der Waals surface area contributed by atoms with Crippen LogP contribution < -0.4 is 10.2 Å². The van der Waals surface area contributed by atoms with Crippen molar-refractivity contribution in [1.29, 1.82) is 0 Å². The first-order chi connectivity index (χ1) is 36.9. The first-order valence-electron chi connectivity index (χ1n) is 30.3. The lowest BCUT2D eigenvalue weighted by Gasteiger charge is -2.30. The molecule has 0 heterocycles. The lowest BCUT2D eigenvalue weighted by atomic mass is 10.1. The Morgan fingerprint density at radius 3 is 1.30 bits per heavy atom. The van der Waals surface area contributed by atoms with E-state index in [1.807, 2.05) is 33.3 Å². The fourth-order valence-corrected chi connectivity index (χ4v) is 8.66. The van der Waals surface area contributed by atoms with Gasteiger partial charge in [-0.25, -0.2) is 0 Å². The second kappa shape index (κ2) is 54.8. The highest BCUT2D eigenvalue weighted by atomic mass is 31.2. The van der Waals surface area contributed by atoms with E-state index in [-0.39, 0.29) is 31.3 Å². The molecule has 0 aliphatic heterocycles. The van der Waals surface area contributed by atoms with Crippen LogP contribution in [0.1, 0.15) is 233 Å². The molecule has 0 fully saturated rings. The Morgan fingerprint density at radius 1 is 0.474 bits per heavy atom. The minimum atomic E-state index is -4.72. The first-order valence-corrected chi connectivity index (χ1v) is 31.8. The largest absolute Gasteiger partial charge is 0.756 e. The molecule has 0 rings (SSSR count). The van der Waals surface area contributed by atoms with Crippen LogP contribution in [0.5, 0.6) is 0 Å². The molecule has 0 bridgehead atoms. The molecule has 0 aliphatic rings. The van der Waals surface area contributed by atoms with Crippen molar-refractivity contribution >= 4 is 19.7 Å². The number of likely N-dealkylation sites (N-methyl/N-ethyl adjacent to an activating group) is 1. The van der Waals surface area contributed by atoms with Crippen LogP contribution in [-0.4, -0.2) is 69.4 Å². The summed E-state index contributed by atoms with van der Waals surface area (Å²) in [6, 6.07) is -0.929. The van der Waals surface area contributed by atoms with Gasteiger partial charge in [0, 0.05) is 12.8 Å². The number of nitrogens with zero attached hydrogens (tertiary/aromatic N) is 1. The molecular weight excluding hydrogens is 964 g/mol. The van der Waals surface area contributed by atoms with Gasteiger partial charge in [-0.15, -0.1) is 0 Å². The van der Waals surface area contributed by atoms with E-state index in [1.54, 1.807) is 0 Å². The molecule has 1 N–H and O–H groups in total. The summed E-state index contributed by atoms with van der Waals surface area (Å²) in [6.45, 7) is 6.63. The predicted molar refractivity (Wildman–Crippen MR) is 325 cm³/mol. The standard InChI is InChI=1S/C66H113N2O7P/c1-7-10-13-16-19-22-25-28-30-32-33-34-35-37-38-40-43-46-49-52-55-58-65(69)67-63(62-74-76(71,72)73-61-60-68(4,5)6)64(57-54-51-48-45-42-27-24-21-18-15-12-9-3)75-66(70)59-56-53-50-47-44-41-39-36-31-29-26-23-20-17-14-11-8-2/h10,13,19-20,22-23,28-31,33-34,37-39,41,43,46,54,57,63-64H,7-9,11-12,14-18,21,24-27,32,35-36,40,42,44-45,47-53,55-56,58-62H2,1-6H3,(H-,67,69,71,72)/b13-10-,22-19-,23-20-,30-28-,31-29-,34-33-,38-37-,41-39-,46-43-,57-54-.